The smallest absolute Gasteiger partial charge is 0.0690 e. The predicted molar refractivity (Wildman–Crippen MR) is 97.1 cm³/mol. The molecular weight excluding hydrogens is 300 g/mol. The molecule has 5 heteroatoms. The third kappa shape index (κ3) is 4.01. The maximum absolute atomic E-state index is 6.26. The Bertz CT molecular complexity index is 531. The minimum Gasteiger partial charge on any atom is -0.374 e. The van der Waals surface area contributed by atoms with Crippen LogP contribution in [-0.2, 0) is 11.3 Å². The van der Waals surface area contributed by atoms with Gasteiger partial charge in [-0.25, -0.2) is 0 Å². The van der Waals surface area contributed by atoms with Crippen LogP contribution >= 0.6 is 0 Å². The Morgan fingerprint density at radius 1 is 1.38 bits per heavy atom. The zero-order valence-electron chi connectivity index (χ0n) is 15.8. The maximum Gasteiger partial charge on any atom is 0.0690 e. The second-order valence-corrected chi connectivity index (χ2v) is 8.65. The van der Waals surface area contributed by atoms with Gasteiger partial charge in [-0.15, -0.1) is 0 Å². The van der Waals surface area contributed by atoms with Gasteiger partial charge in [0.15, 0.2) is 0 Å². The van der Waals surface area contributed by atoms with Crippen molar-refractivity contribution in [3.05, 3.63) is 18.0 Å². The molecule has 136 valence electrons. The van der Waals surface area contributed by atoms with E-state index in [1.54, 1.807) is 0 Å². The molecule has 24 heavy (non-hydrogen) atoms. The fourth-order valence-electron chi connectivity index (χ4n) is 4.47. The number of rotatable bonds is 6. The molecule has 1 N–H and O–H groups in total. The van der Waals surface area contributed by atoms with Gasteiger partial charge in [-0.1, -0.05) is 13.8 Å². The lowest BCUT2D eigenvalue weighted by molar-refractivity contribution is -0.0354. The molecule has 1 saturated carbocycles. The number of nitrogens with zero attached hydrogens (tertiary/aromatic N) is 3. The van der Waals surface area contributed by atoms with Crippen LogP contribution in [-0.4, -0.2) is 54.1 Å². The van der Waals surface area contributed by atoms with E-state index >= 15 is 0 Å². The summed E-state index contributed by atoms with van der Waals surface area (Å²) >= 11 is 0. The molecule has 1 saturated heterocycles. The molecule has 0 amide bonds. The van der Waals surface area contributed by atoms with Gasteiger partial charge in [0.1, 0.15) is 0 Å². The second kappa shape index (κ2) is 7.14. The largest absolute Gasteiger partial charge is 0.374 e. The molecule has 0 radical (unpaired) electrons. The van der Waals surface area contributed by atoms with Gasteiger partial charge in [-0.2, -0.15) is 5.10 Å². The van der Waals surface area contributed by atoms with Gasteiger partial charge in [0.05, 0.1) is 23.9 Å². The molecule has 2 aliphatic rings. The van der Waals surface area contributed by atoms with E-state index in [-0.39, 0.29) is 5.60 Å². The van der Waals surface area contributed by atoms with Crippen molar-refractivity contribution < 1.29 is 4.74 Å². The molecule has 0 bridgehead atoms. The normalized spacial score (nSPS) is 29.6. The van der Waals surface area contributed by atoms with E-state index in [2.05, 4.69) is 47.0 Å². The molecule has 0 aromatic carbocycles. The summed E-state index contributed by atoms with van der Waals surface area (Å²) in [4.78, 5) is 2.36. The monoisotopic (exact) mass is 334 g/mol. The number of ether oxygens (including phenoxy) is 1. The van der Waals surface area contributed by atoms with Gasteiger partial charge < -0.3 is 10.1 Å². The van der Waals surface area contributed by atoms with E-state index in [0.29, 0.717) is 11.5 Å². The first-order chi connectivity index (χ1) is 11.4. The first-order valence-corrected chi connectivity index (χ1v) is 9.43. The molecule has 5 nitrogen and oxygen atoms in total. The Balaban J connectivity index is 1.58. The third-order valence-electron chi connectivity index (χ3n) is 5.71. The van der Waals surface area contributed by atoms with Crippen LogP contribution in [0, 0.1) is 5.41 Å². The summed E-state index contributed by atoms with van der Waals surface area (Å²) < 4.78 is 8.54. The summed E-state index contributed by atoms with van der Waals surface area (Å²) in [7, 11) is 4.18. The zero-order valence-corrected chi connectivity index (χ0v) is 15.8. The van der Waals surface area contributed by atoms with Crippen LogP contribution in [0.1, 0.15) is 57.7 Å². The van der Waals surface area contributed by atoms with Crippen LogP contribution in [0.15, 0.2) is 12.3 Å². The number of hydrogen-bond donors (Lipinski definition) is 1. The van der Waals surface area contributed by atoms with Gasteiger partial charge in [0, 0.05) is 25.8 Å². The van der Waals surface area contributed by atoms with Crippen LogP contribution in [0.2, 0.25) is 0 Å². The Morgan fingerprint density at radius 2 is 2.12 bits per heavy atom. The standard InChI is InChI=1S/C19H34N4O/c1-18(2)14-19(24-15-18)8-5-16(6-9-19)23-17(7-10-21-23)13-22(4)12-11-20-3/h7,10,16,20H,5-6,8-9,11-15H2,1-4H3. The average Bonchev–Trinajstić information content (AvgIpc) is 3.11. The van der Waals surface area contributed by atoms with Crippen molar-refractivity contribution in [1.82, 2.24) is 20.0 Å². The summed E-state index contributed by atoms with van der Waals surface area (Å²) in [6, 6.07) is 2.71. The Kier molecular flexibility index (Phi) is 5.33. The summed E-state index contributed by atoms with van der Waals surface area (Å²) in [5, 5.41) is 7.86. The summed E-state index contributed by atoms with van der Waals surface area (Å²) in [5.41, 5.74) is 1.83. The van der Waals surface area contributed by atoms with Crippen LogP contribution < -0.4 is 5.32 Å². The van der Waals surface area contributed by atoms with Gasteiger partial charge in [0.2, 0.25) is 0 Å². The minimum atomic E-state index is 0.150. The topological polar surface area (TPSA) is 42.3 Å². The predicted octanol–water partition coefficient (Wildman–Crippen LogP) is 2.83. The average molecular weight is 335 g/mol. The molecule has 0 unspecified atom stereocenters. The van der Waals surface area contributed by atoms with Gasteiger partial charge in [-0.3, -0.25) is 9.58 Å². The van der Waals surface area contributed by atoms with E-state index in [1.165, 1.54) is 37.8 Å². The minimum absolute atomic E-state index is 0.150. The van der Waals surface area contributed by atoms with Crippen LogP contribution in [0.3, 0.4) is 0 Å². The lowest BCUT2D eigenvalue weighted by atomic mass is 9.75. The highest BCUT2D eigenvalue weighted by atomic mass is 16.5. The van der Waals surface area contributed by atoms with Crippen molar-refractivity contribution in [1.29, 1.82) is 0 Å². The molecule has 1 spiro atoms. The molecule has 1 aliphatic heterocycles. The van der Waals surface area contributed by atoms with Crippen LogP contribution in [0.25, 0.3) is 0 Å². The Labute approximate surface area is 146 Å². The van der Waals surface area contributed by atoms with E-state index in [4.69, 9.17) is 4.74 Å². The highest BCUT2D eigenvalue weighted by Crippen LogP contribution is 2.48. The Hall–Kier alpha value is -0.910. The maximum atomic E-state index is 6.26. The lowest BCUT2D eigenvalue weighted by Crippen LogP contribution is -2.35. The SMILES string of the molecule is CNCCN(C)Cc1ccnn1C1CCC2(CC1)CC(C)(C)CO2. The fourth-order valence-corrected chi connectivity index (χ4v) is 4.47. The van der Waals surface area contributed by atoms with Crippen molar-refractivity contribution >= 4 is 0 Å². The molecule has 0 atom stereocenters. The lowest BCUT2D eigenvalue weighted by Gasteiger charge is -2.37. The van der Waals surface area contributed by atoms with Gasteiger partial charge in [-0.05, 0) is 57.7 Å². The molecule has 3 rings (SSSR count). The first-order valence-electron chi connectivity index (χ1n) is 9.43. The van der Waals surface area contributed by atoms with Gasteiger partial charge >= 0.3 is 0 Å². The van der Waals surface area contributed by atoms with Crippen molar-refractivity contribution in [3.8, 4) is 0 Å². The second-order valence-electron chi connectivity index (χ2n) is 8.65. The first kappa shape index (κ1) is 17.9. The number of nitrogens with one attached hydrogen (secondary N) is 1. The van der Waals surface area contributed by atoms with Crippen molar-refractivity contribution in [2.24, 2.45) is 5.41 Å². The fraction of sp³-hybridized carbons (Fsp3) is 0.842. The van der Waals surface area contributed by atoms with Gasteiger partial charge in [0.25, 0.3) is 0 Å². The van der Waals surface area contributed by atoms with Crippen molar-refractivity contribution in [3.63, 3.8) is 0 Å². The highest BCUT2D eigenvalue weighted by Gasteiger charge is 2.46. The molecule has 2 fully saturated rings. The summed E-state index contributed by atoms with van der Waals surface area (Å²) in [5.74, 6) is 0. The molecule has 1 aromatic heterocycles. The van der Waals surface area contributed by atoms with Crippen LogP contribution in [0.4, 0.5) is 0 Å². The molecule has 1 aromatic rings. The van der Waals surface area contributed by atoms with E-state index in [1.807, 2.05) is 13.2 Å². The summed E-state index contributed by atoms with van der Waals surface area (Å²) in [6.45, 7) is 8.62. The molecular formula is C19H34N4O. The van der Waals surface area contributed by atoms with Crippen LogP contribution in [0.5, 0.6) is 0 Å². The third-order valence-corrected chi connectivity index (χ3v) is 5.71. The highest BCUT2D eigenvalue weighted by molar-refractivity contribution is 5.04. The van der Waals surface area contributed by atoms with E-state index in [9.17, 15) is 0 Å². The van der Waals surface area contributed by atoms with Crippen molar-refractivity contribution in [2.45, 2.75) is 64.1 Å². The van der Waals surface area contributed by atoms with E-state index in [0.717, 1.165) is 26.2 Å². The number of aromatic nitrogens is 2. The summed E-state index contributed by atoms with van der Waals surface area (Å²) in [6.07, 6.45) is 7.90. The Morgan fingerprint density at radius 3 is 2.75 bits per heavy atom. The van der Waals surface area contributed by atoms with Crippen molar-refractivity contribution in [2.75, 3.05) is 33.8 Å². The molecule has 1 aliphatic carbocycles. The quantitative estimate of drug-likeness (QED) is 0.869. The number of hydrogen-bond acceptors (Lipinski definition) is 4. The molecule has 2 heterocycles. The zero-order chi connectivity index (χ0) is 17.2. The van der Waals surface area contributed by atoms with E-state index < -0.39 is 0 Å². The number of likely N-dealkylation sites (N-methyl/N-ethyl adjacent to an activating group) is 2.